The van der Waals surface area contributed by atoms with E-state index in [9.17, 15) is 4.79 Å². The van der Waals surface area contributed by atoms with Crippen molar-refractivity contribution in [3.8, 4) is 5.69 Å². The van der Waals surface area contributed by atoms with E-state index >= 15 is 0 Å². The summed E-state index contributed by atoms with van der Waals surface area (Å²) in [5, 5.41) is 17.8. The molecule has 0 radical (unpaired) electrons. The first-order valence-electron chi connectivity index (χ1n) is 8.30. The van der Waals surface area contributed by atoms with Gasteiger partial charge in [-0.1, -0.05) is 5.21 Å². The number of piperidine rings is 1. The third-order valence-electron chi connectivity index (χ3n) is 4.13. The number of thiophene rings is 1. The molecule has 1 N–H and O–H groups in total. The number of hydrogen-bond donors (Lipinski definition) is 1. The first-order chi connectivity index (χ1) is 12.8. The molecule has 136 valence electrons. The van der Waals surface area contributed by atoms with Gasteiger partial charge in [-0.15, -0.1) is 16.4 Å². The molecule has 4 rings (SSSR count). The average molecular weight is 390 g/mol. The van der Waals surface area contributed by atoms with Crippen molar-refractivity contribution in [3.05, 3.63) is 40.3 Å². The molecule has 0 spiro atoms. The van der Waals surface area contributed by atoms with Gasteiger partial charge >= 0.3 is 6.09 Å². The molecule has 0 aromatic carbocycles. The lowest BCUT2D eigenvalue weighted by atomic mass is 10.1. The minimum atomic E-state index is -0.414. The molecule has 1 saturated heterocycles. The zero-order chi connectivity index (χ0) is 17.8. The van der Waals surface area contributed by atoms with Crippen molar-refractivity contribution >= 4 is 33.9 Å². The SMILES string of the molecule is O=C(NCc1cn(-c2ccsc2)nn1)OC1CCN(c2nccs2)CC1. The fraction of sp³-hybridized carbons (Fsp3) is 0.375. The number of nitrogens with zero attached hydrogens (tertiary/aromatic N) is 5. The highest BCUT2D eigenvalue weighted by Gasteiger charge is 2.23. The number of nitrogens with one attached hydrogen (secondary N) is 1. The van der Waals surface area contributed by atoms with E-state index in [0.29, 0.717) is 12.2 Å². The quantitative estimate of drug-likeness (QED) is 0.721. The summed E-state index contributed by atoms with van der Waals surface area (Å²) in [5.41, 5.74) is 1.65. The van der Waals surface area contributed by atoms with Crippen LogP contribution in [0.5, 0.6) is 0 Å². The van der Waals surface area contributed by atoms with Crippen LogP contribution in [0.1, 0.15) is 18.5 Å². The van der Waals surface area contributed by atoms with E-state index in [2.05, 4.69) is 25.5 Å². The van der Waals surface area contributed by atoms with Crippen molar-refractivity contribution < 1.29 is 9.53 Å². The van der Waals surface area contributed by atoms with Gasteiger partial charge in [0.15, 0.2) is 5.13 Å². The lowest BCUT2D eigenvalue weighted by molar-refractivity contribution is 0.0828. The highest BCUT2D eigenvalue weighted by molar-refractivity contribution is 7.13. The number of carbonyl (C=O) groups is 1. The number of amides is 1. The summed E-state index contributed by atoms with van der Waals surface area (Å²) in [5.74, 6) is 0. The molecule has 3 aromatic heterocycles. The van der Waals surface area contributed by atoms with E-state index in [1.165, 1.54) is 0 Å². The molecule has 1 aliphatic heterocycles. The van der Waals surface area contributed by atoms with Crippen LogP contribution in [0.3, 0.4) is 0 Å². The van der Waals surface area contributed by atoms with E-state index in [-0.39, 0.29) is 6.10 Å². The summed E-state index contributed by atoms with van der Waals surface area (Å²) in [7, 11) is 0. The Bertz CT molecular complexity index is 825. The highest BCUT2D eigenvalue weighted by Crippen LogP contribution is 2.23. The molecule has 0 unspecified atom stereocenters. The minimum absolute atomic E-state index is 0.0623. The highest BCUT2D eigenvalue weighted by atomic mass is 32.1. The molecule has 0 bridgehead atoms. The molecule has 3 aromatic rings. The molecule has 0 saturated carbocycles. The Kier molecular flexibility index (Phi) is 5.12. The molecule has 1 amide bonds. The minimum Gasteiger partial charge on any atom is -0.446 e. The van der Waals surface area contributed by atoms with E-state index in [4.69, 9.17) is 4.74 Å². The number of thiazole rings is 1. The molecule has 10 heteroatoms. The van der Waals surface area contributed by atoms with Gasteiger partial charge in [-0.3, -0.25) is 0 Å². The van der Waals surface area contributed by atoms with Crippen LogP contribution >= 0.6 is 22.7 Å². The number of anilines is 1. The maximum atomic E-state index is 12.0. The van der Waals surface area contributed by atoms with Crippen LogP contribution in [0.2, 0.25) is 0 Å². The molecule has 1 fully saturated rings. The first-order valence-corrected chi connectivity index (χ1v) is 10.1. The molecule has 1 aliphatic rings. The summed E-state index contributed by atoms with van der Waals surface area (Å²) >= 11 is 3.23. The van der Waals surface area contributed by atoms with Gasteiger partial charge in [0.25, 0.3) is 0 Å². The summed E-state index contributed by atoms with van der Waals surface area (Å²) in [4.78, 5) is 18.6. The van der Waals surface area contributed by atoms with Crippen molar-refractivity contribution in [3.63, 3.8) is 0 Å². The van der Waals surface area contributed by atoms with Crippen LogP contribution in [0.15, 0.2) is 34.6 Å². The van der Waals surface area contributed by atoms with Crippen LogP contribution in [-0.2, 0) is 11.3 Å². The number of hydrogen-bond acceptors (Lipinski definition) is 8. The Morgan fingerprint density at radius 3 is 2.96 bits per heavy atom. The van der Waals surface area contributed by atoms with Crippen LogP contribution in [0, 0.1) is 0 Å². The Morgan fingerprint density at radius 2 is 2.23 bits per heavy atom. The predicted molar refractivity (Wildman–Crippen MR) is 99.9 cm³/mol. The molecule has 4 heterocycles. The van der Waals surface area contributed by atoms with Gasteiger partial charge in [0.2, 0.25) is 0 Å². The van der Waals surface area contributed by atoms with Crippen molar-refractivity contribution in [2.24, 2.45) is 0 Å². The number of ether oxygens (including phenoxy) is 1. The van der Waals surface area contributed by atoms with Gasteiger partial charge < -0.3 is 15.0 Å². The molecule has 0 aliphatic carbocycles. The van der Waals surface area contributed by atoms with Gasteiger partial charge in [0, 0.05) is 42.9 Å². The second-order valence-electron chi connectivity index (χ2n) is 5.90. The molecule has 8 nitrogen and oxygen atoms in total. The van der Waals surface area contributed by atoms with Crippen molar-refractivity contribution in [1.29, 1.82) is 0 Å². The molecular weight excluding hydrogens is 372 g/mol. The van der Waals surface area contributed by atoms with E-state index in [1.807, 2.05) is 28.4 Å². The summed E-state index contributed by atoms with van der Waals surface area (Å²) < 4.78 is 7.20. The first kappa shape index (κ1) is 17.0. The van der Waals surface area contributed by atoms with Gasteiger partial charge in [0.05, 0.1) is 18.4 Å². The third-order valence-corrected chi connectivity index (χ3v) is 5.63. The fourth-order valence-corrected chi connectivity index (χ4v) is 4.11. The monoisotopic (exact) mass is 390 g/mol. The largest absolute Gasteiger partial charge is 0.446 e. The standard InChI is InChI=1S/C16H18N6O2S2/c23-16(18-9-12-10-22(20-19-12)13-3-7-25-11-13)24-14-1-5-21(6-2-14)15-17-4-8-26-15/h3-4,7-8,10-11,14H,1-2,5-6,9H2,(H,18,23). The van der Waals surface area contributed by atoms with Crippen LogP contribution in [0.25, 0.3) is 5.69 Å². The van der Waals surface area contributed by atoms with E-state index < -0.39 is 6.09 Å². The Morgan fingerprint density at radius 1 is 1.35 bits per heavy atom. The molecule has 0 atom stereocenters. The summed E-state index contributed by atoms with van der Waals surface area (Å²) in [6, 6.07) is 1.96. The van der Waals surface area contributed by atoms with Crippen LogP contribution in [0.4, 0.5) is 9.93 Å². The maximum Gasteiger partial charge on any atom is 0.407 e. The van der Waals surface area contributed by atoms with Crippen LogP contribution < -0.4 is 10.2 Å². The molecular formula is C16H18N6O2S2. The van der Waals surface area contributed by atoms with Gasteiger partial charge in [-0.05, 0) is 11.4 Å². The smallest absolute Gasteiger partial charge is 0.407 e. The Hall–Kier alpha value is -2.46. The molecule has 26 heavy (non-hydrogen) atoms. The van der Waals surface area contributed by atoms with E-state index in [0.717, 1.165) is 36.8 Å². The van der Waals surface area contributed by atoms with Gasteiger partial charge in [-0.2, -0.15) is 11.3 Å². The van der Waals surface area contributed by atoms with Crippen LogP contribution in [-0.4, -0.2) is 45.3 Å². The van der Waals surface area contributed by atoms with Crippen molar-refractivity contribution in [2.45, 2.75) is 25.5 Å². The zero-order valence-electron chi connectivity index (χ0n) is 13.9. The number of carbonyl (C=O) groups excluding carboxylic acids is 1. The van der Waals surface area contributed by atoms with Crippen molar-refractivity contribution in [1.82, 2.24) is 25.3 Å². The normalized spacial score (nSPS) is 15.2. The van der Waals surface area contributed by atoms with Gasteiger partial charge in [0.1, 0.15) is 11.8 Å². The lowest BCUT2D eigenvalue weighted by Crippen LogP contribution is -2.39. The number of aromatic nitrogens is 4. The van der Waals surface area contributed by atoms with Crippen molar-refractivity contribution in [2.75, 3.05) is 18.0 Å². The predicted octanol–water partition coefficient (Wildman–Crippen LogP) is 2.68. The maximum absolute atomic E-state index is 12.0. The van der Waals surface area contributed by atoms with E-state index in [1.54, 1.807) is 33.6 Å². The second-order valence-corrected chi connectivity index (χ2v) is 7.55. The summed E-state index contributed by atoms with van der Waals surface area (Å²) in [6.45, 7) is 1.99. The Balaban J connectivity index is 1.21. The average Bonchev–Trinajstić information content (AvgIpc) is 3.42. The number of alkyl carbamates (subject to hydrolysis) is 1. The fourth-order valence-electron chi connectivity index (χ4n) is 2.79. The number of rotatable bonds is 5. The van der Waals surface area contributed by atoms with Gasteiger partial charge in [-0.25, -0.2) is 14.5 Å². The lowest BCUT2D eigenvalue weighted by Gasteiger charge is -2.31. The summed E-state index contributed by atoms with van der Waals surface area (Å²) in [6.07, 6.45) is 4.75. The zero-order valence-corrected chi connectivity index (χ0v) is 15.6. The topological polar surface area (TPSA) is 85.2 Å². The second kappa shape index (κ2) is 7.83. The third kappa shape index (κ3) is 4.02. The Labute approximate surface area is 158 Å².